The fraction of sp³-hybridized carbons (Fsp3) is 0.263. The third-order valence-electron chi connectivity index (χ3n) is 4.15. The van der Waals surface area contributed by atoms with Gasteiger partial charge in [0, 0.05) is 36.6 Å². The minimum atomic E-state index is -0.393. The molecule has 0 bridgehead atoms. The number of aryl methyl sites for hydroxylation is 2. The number of hydrogen-bond acceptors (Lipinski definition) is 4. The van der Waals surface area contributed by atoms with Gasteiger partial charge in [-0.05, 0) is 43.7 Å². The number of pyridine rings is 1. The Balaban J connectivity index is 1.75. The Kier molecular flexibility index (Phi) is 4.61. The molecule has 0 radical (unpaired) electrons. The maximum Gasteiger partial charge on any atom is 0.348 e. The summed E-state index contributed by atoms with van der Waals surface area (Å²) in [6.07, 6.45) is 1.76. The van der Waals surface area contributed by atoms with Crippen molar-refractivity contribution >= 4 is 16.8 Å². The molecule has 0 N–H and O–H groups in total. The van der Waals surface area contributed by atoms with Crippen molar-refractivity contribution in [3.63, 3.8) is 0 Å². The van der Waals surface area contributed by atoms with Gasteiger partial charge in [0.05, 0.1) is 5.52 Å². The fourth-order valence-electron chi connectivity index (χ4n) is 2.81. The molecule has 0 saturated carbocycles. The minimum Gasteiger partial charge on any atom is -0.340 e. The SMILES string of the molecule is Cc1cc(C)n(CC(=O)N(C)Cc2ccc3ncccc3c2)c(=O)n1. The predicted molar refractivity (Wildman–Crippen MR) is 96.2 cm³/mol. The van der Waals surface area contributed by atoms with Gasteiger partial charge in [0.2, 0.25) is 5.91 Å². The number of carbonyl (C=O) groups excluding carboxylic acids is 1. The molecule has 0 atom stereocenters. The van der Waals surface area contributed by atoms with Gasteiger partial charge < -0.3 is 4.90 Å². The van der Waals surface area contributed by atoms with Gasteiger partial charge >= 0.3 is 5.69 Å². The second kappa shape index (κ2) is 6.84. The van der Waals surface area contributed by atoms with Gasteiger partial charge in [-0.15, -0.1) is 0 Å². The summed E-state index contributed by atoms with van der Waals surface area (Å²) < 4.78 is 1.40. The minimum absolute atomic E-state index is 0.0103. The van der Waals surface area contributed by atoms with Gasteiger partial charge in [-0.1, -0.05) is 12.1 Å². The highest BCUT2D eigenvalue weighted by Crippen LogP contribution is 2.14. The molecule has 0 fully saturated rings. The quantitative estimate of drug-likeness (QED) is 0.731. The van der Waals surface area contributed by atoms with Crippen molar-refractivity contribution in [2.75, 3.05) is 7.05 Å². The molecule has 3 aromatic rings. The molecule has 2 heterocycles. The fourth-order valence-corrected chi connectivity index (χ4v) is 2.81. The first kappa shape index (κ1) is 16.8. The molecule has 0 aliphatic rings. The molecule has 128 valence electrons. The summed E-state index contributed by atoms with van der Waals surface area (Å²) in [7, 11) is 1.73. The van der Waals surface area contributed by atoms with Gasteiger partial charge in [-0.3, -0.25) is 14.3 Å². The Labute approximate surface area is 145 Å². The van der Waals surface area contributed by atoms with E-state index in [1.54, 1.807) is 38.1 Å². The summed E-state index contributed by atoms with van der Waals surface area (Å²) in [5.74, 6) is -0.137. The van der Waals surface area contributed by atoms with E-state index in [9.17, 15) is 9.59 Å². The van der Waals surface area contributed by atoms with Crippen LogP contribution in [0.3, 0.4) is 0 Å². The molecule has 0 spiro atoms. The Morgan fingerprint density at radius 2 is 2.00 bits per heavy atom. The molecule has 0 aliphatic heterocycles. The number of fused-ring (bicyclic) bond motifs is 1. The lowest BCUT2D eigenvalue weighted by atomic mass is 10.1. The molecule has 0 saturated heterocycles. The highest BCUT2D eigenvalue weighted by Gasteiger charge is 2.13. The molecule has 6 heteroatoms. The van der Waals surface area contributed by atoms with Crippen molar-refractivity contribution in [1.29, 1.82) is 0 Å². The van der Waals surface area contributed by atoms with E-state index in [1.165, 1.54) is 4.57 Å². The first-order chi connectivity index (χ1) is 11.9. The van der Waals surface area contributed by atoms with E-state index >= 15 is 0 Å². The van der Waals surface area contributed by atoms with Crippen LogP contribution in [0.1, 0.15) is 17.0 Å². The molecule has 25 heavy (non-hydrogen) atoms. The smallest absolute Gasteiger partial charge is 0.340 e. The molecule has 1 aromatic carbocycles. The number of rotatable bonds is 4. The third kappa shape index (κ3) is 3.74. The van der Waals surface area contributed by atoms with E-state index in [1.807, 2.05) is 30.3 Å². The zero-order chi connectivity index (χ0) is 18.0. The van der Waals surface area contributed by atoms with E-state index in [4.69, 9.17) is 0 Å². The maximum absolute atomic E-state index is 12.5. The summed E-state index contributed by atoms with van der Waals surface area (Å²) in [6, 6.07) is 11.6. The summed E-state index contributed by atoms with van der Waals surface area (Å²) in [5, 5.41) is 1.04. The van der Waals surface area contributed by atoms with Crippen LogP contribution in [0, 0.1) is 13.8 Å². The topological polar surface area (TPSA) is 68.1 Å². The zero-order valence-electron chi connectivity index (χ0n) is 14.6. The second-order valence-corrected chi connectivity index (χ2v) is 6.19. The number of nitrogens with zero attached hydrogens (tertiary/aromatic N) is 4. The summed E-state index contributed by atoms with van der Waals surface area (Å²) in [6.45, 7) is 4.03. The van der Waals surface area contributed by atoms with Crippen molar-refractivity contribution in [2.45, 2.75) is 26.9 Å². The van der Waals surface area contributed by atoms with Crippen LogP contribution in [0.4, 0.5) is 0 Å². The second-order valence-electron chi connectivity index (χ2n) is 6.19. The van der Waals surface area contributed by atoms with Crippen molar-refractivity contribution < 1.29 is 4.79 Å². The molecule has 2 aromatic heterocycles. The van der Waals surface area contributed by atoms with Gasteiger partial charge in [0.1, 0.15) is 6.54 Å². The standard InChI is InChI=1S/C19H20N4O2/c1-13-9-14(2)23(19(25)21-13)12-18(24)22(3)11-15-6-7-17-16(10-15)5-4-8-20-17/h4-10H,11-12H2,1-3H3. The van der Waals surface area contributed by atoms with E-state index in [0.717, 1.165) is 22.2 Å². The molecule has 3 rings (SSSR count). The van der Waals surface area contributed by atoms with Crippen LogP contribution in [-0.2, 0) is 17.9 Å². The lowest BCUT2D eigenvalue weighted by Crippen LogP contribution is -2.35. The summed E-state index contributed by atoms with van der Waals surface area (Å²) in [4.78, 5) is 34.3. The number of aromatic nitrogens is 3. The molecular weight excluding hydrogens is 316 g/mol. The Morgan fingerprint density at radius 3 is 2.76 bits per heavy atom. The molecule has 6 nitrogen and oxygen atoms in total. The first-order valence-electron chi connectivity index (χ1n) is 8.07. The van der Waals surface area contributed by atoms with Crippen LogP contribution in [0.25, 0.3) is 10.9 Å². The van der Waals surface area contributed by atoms with Crippen molar-refractivity contribution in [3.8, 4) is 0 Å². The van der Waals surface area contributed by atoms with Crippen LogP contribution in [-0.4, -0.2) is 32.4 Å². The molecule has 0 unspecified atom stereocenters. The lowest BCUT2D eigenvalue weighted by Gasteiger charge is -2.19. The average molecular weight is 336 g/mol. The number of benzene rings is 1. The van der Waals surface area contributed by atoms with Gasteiger partial charge in [-0.2, -0.15) is 4.98 Å². The van der Waals surface area contributed by atoms with Crippen LogP contribution >= 0.6 is 0 Å². The number of likely N-dealkylation sites (N-methyl/N-ethyl adjacent to an activating group) is 1. The third-order valence-corrected chi connectivity index (χ3v) is 4.15. The highest BCUT2D eigenvalue weighted by molar-refractivity contribution is 5.79. The first-order valence-corrected chi connectivity index (χ1v) is 8.07. The van der Waals surface area contributed by atoms with Gasteiger partial charge in [0.15, 0.2) is 0 Å². The average Bonchev–Trinajstić information content (AvgIpc) is 2.57. The number of hydrogen-bond donors (Lipinski definition) is 0. The van der Waals surface area contributed by atoms with E-state index in [-0.39, 0.29) is 12.5 Å². The monoisotopic (exact) mass is 336 g/mol. The maximum atomic E-state index is 12.5. The van der Waals surface area contributed by atoms with Crippen LogP contribution in [0.2, 0.25) is 0 Å². The Hall–Kier alpha value is -3.02. The van der Waals surface area contributed by atoms with Crippen LogP contribution in [0.5, 0.6) is 0 Å². The van der Waals surface area contributed by atoms with Crippen molar-refractivity contribution in [3.05, 3.63) is 70.0 Å². The van der Waals surface area contributed by atoms with Gasteiger partial charge in [-0.25, -0.2) is 4.79 Å². The Morgan fingerprint density at radius 1 is 1.20 bits per heavy atom. The lowest BCUT2D eigenvalue weighted by molar-refractivity contribution is -0.131. The zero-order valence-corrected chi connectivity index (χ0v) is 14.6. The number of amides is 1. The van der Waals surface area contributed by atoms with Gasteiger partial charge in [0.25, 0.3) is 0 Å². The van der Waals surface area contributed by atoms with E-state index in [0.29, 0.717) is 12.2 Å². The normalized spacial score (nSPS) is 10.8. The molecular formula is C19H20N4O2. The van der Waals surface area contributed by atoms with Crippen LogP contribution < -0.4 is 5.69 Å². The summed E-state index contributed by atoms with van der Waals surface area (Å²) in [5.41, 5.74) is 2.94. The molecule has 1 amide bonds. The predicted octanol–water partition coefficient (Wildman–Crippen LogP) is 2.07. The largest absolute Gasteiger partial charge is 0.348 e. The van der Waals surface area contributed by atoms with Crippen molar-refractivity contribution in [1.82, 2.24) is 19.4 Å². The van der Waals surface area contributed by atoms with E-state index < -0.39 is 5.69 Å². The summed E-state index contributed by atoms with van der Waals surface area (Å²) >= 11 is 0. The molecule has 0 aliphatic carbocycles. The van der Waals surface area contributed by atoms with Crippen molar-refractivity contribution in [2.24, 2.45) is 0 Å². The Bertz CT molecular complexity index is 994. The van der Waals surface area contributed by atoms with Crippen LogP contribution in [0.15, 0.2) is 47.4 Å². The highest BCUT2D eigenvalue weighted by atomic mass is 16.2. The number of carbonyl (C=O) groups is 1. The van der Waals surface area contributed by atoms with E-state index in [2.05, 4.69) is 9.97 Å².